The van der Waals surface area contributed by atoms with Crippen molar-refractivity contribution in [2.45, 2.75) is 13.1 Å². The summed E-state index contributed by atoms with van der Waals surface area (Å²) in [4.78, 5) is 14.1. The maximum Gasteiger partial charge on any atom is 0.416 e. The number of hydrogen-bond donors (Lipinski definition) is 1. The predicted octanol–water partition coefficient (Wildman–Crippen LogP) is 5.22. The number of benzene rings is 2. The molecule has 0 aliphatic carbocycles. The van der Waals surface area contributed by atoms with Gasteiger partial charge in [-0.3, -0.25) is 9.69 Å². The highest BCUT2D eigenvalue weighted by atomic mass is 32.2. The number of alkyl halides is 3. The molecule has 2 aromatic rings. The molecule has 1 aliphatic heterocycles. The van der Waals surface area contributed by atoms with Crippen LogP contribution < -0.4 is 9.64 Å². The Kier molecular flexibility index (Phi) is 5.66. The van der Waals surface area contributed by atoms with Gasteiger partial charge in [-0.25, -0.2) is 0 Å². The Morgan fingerprint density at radius 3 is 2.68 bits per heavy atom. The van der Waals surface area contributed by atoms with Crippen molar-refractivity contribution in [2.75, 3.05) is 11.5 Å². The van der Waals surface area contributed by atoms with Crippen LogP contribution in [0.3, 0.4) is 0 Å². The summed E-state index contributed by atoms with van der Waals surface area (Å²) in [5, 5.41) is 9.76. The van der Waals surface area contributed by atoms with Crippen molar-refractivity contribution in [2.24, 2.45) is 0 Å². The largest absolute Gasteiger partial charge is 0.504 e. The SMILES string of the molecule is CCOc1cc(/C=C2\SC(=S)N(c3cccc(C(F)(F)F)c3)C2=O)ccc1O. The molecule has 0 aromatic heterocycles. The molecule has 28 heavy (non-hydrogen) atoms. The molecule has 0 radical (unpaired) electrons. The second-order valence-corrected chi connectivity index (χ2v) is 7.40. The van der Waals surface area contributed by atoms with E-state index in [9.17, 15) is 23.1 Å². The van der Waals surface area contributed by atoms with E-state index in [2.05, 4.69) is 0 Å². The minimum atomic E-state index is -4.52. The van der Waals surface area contributed by atoms with Crippen LogP contribution in [0.1, 0.15) is 18.1 Å². The van der Waals surface area contributed by atoms with Gasteiger partial charge in [0.2, 0.25) is 0 Å². The van der Waals surface area contributed by atoms with Crippen molar-refractivity contribution < 1.29 is 27.8 Å². The van der Waals surface area contributed by atoms with Crippen LogP contribution in [0.2, 0.25) is 0 Å². The van der Waals surface area contributed by atoms with Gasteiger partial charge in [-0.15, -0.1) is 0 Å². The van der Waals surface area contributed by atoms with Crippen LogP contribution in [0.5, 0.6) is 11.5 Å². The van der Waals surface area contributed by atoms with Gasteiger partial charge in [-0.2, -0.15) is 13.2 Å². The number of ether oxygens (including phenoxy) is 1. The average molecular weight is 425 g/mol. The normalized spacial score (nSPS) is 16.1. The van der Waals surface area contributed by atoms with Crippen molar-refractivity contribution in [1.82, 2.24) is 0 Å². The lowest BCUT2D eigenvalue weighted by atomic mass is 10.1. The zero-order valence-electron chi connectivity index (χ0n) is 14.5. The quantitative estimate of drug-likeness (QED) is 0.538. The number of carbonyl (C=O) groups excluding carboxylic acids is 1. The molecule has 1 aliphatic rings. The van der Waals surface area contributed by atoms with Gasteiger partial charge in [0.05, 0.1) is 22.8 Å². The van der Waals surface area contributed by atoms with Gasteiger partial charge in [-0.1, -0.05) is 36.1 Å². The van der Waals surface area contributed by atoms with Crippen molar-refractivity contribution in [3.63, 3.8) is 0 Å². The van der Waals surface area contributed by atoms with E-state index in [1.54, 1.807) is 25.1 Å². The number of hydrogen-bond acceptors (Lipinski definition) is 5. The molecule has 0 saturated carbocycles. The van der Waals surface area contributed by atoms with E-state index in [4.69, 9.17) is 17.0 Å². The highest BCUT2D eigenvalue weighted by Gasteiger charge is 2.36. The summed E-state index contributed by atoms with van der Waals surface area (Å²) in [6, 6.07) is 9.05. The molecule has 1 N–H and O–H groups in total. The first-order valence-corrected chi connectivity index (χ1v) is 9.34. The molecule has 0 atom stereocenters. The average Bonchev–Trinajstić information content (AvgIpc) is 2.91. The maximum absolute atomic E-state index is 13.0. The number of phenols is 1. The monoisotopic (exact) mass is 425 g/mol. The summed E-state index contributed by atoms with van der Waals surface area (Å²) in [6.07, 6.45) is -2.97. The molecule has 1 fully saturated rings. The minimum absolute atomic E-state index is 0.0319. The lowest BCUT2D eigenvalue weighted by molar-refractivity contribution is -0.137. The Morgan fingerprint density at radius 2 is 2.00 bits per heavy atom. The van der Waals surface area contributed by atoms with E-state index >= 15 is 0 Å². The second-order valence-electron chi connectivity index (χ2n) is 5.73. The number of thiocarbonyl (C=S) groups is 1. The molecule has 3 rings (SSSR count). The second kappa shape index (κ2) is 7.84. The Labute approximate surface area is 168 Å². The Balaban J connectivity index is 1.92. The highest BCUT2D eigenvalue weighted by Crippen LogP contribution is 2.39. The van der Waals surface area contributed by atoms with Crippen LogP contribution in [0.4, 0.5) is 18.9 Å². The topological polar surface area (TPSA) is 49.8 Å². The molecular weight excluding hydrogens is 411 g/mol. The molecule has 9 heteroatoms. The Morgan fingerprint density at radius 1 is 1.25 bits per heavy atom. The molecule has 146 valence electrons. The van der Waals surface area contributed by atoms with E-state index in [1.807, 2.05) is 0 Å². The van der Waals surface area contributed by atoms with Gasteiger partial charge in [0.25, 0.3) is 5.91 Å². The third kappa shape index (κ3) is 4.15. The van der Waals surface area contributed by atoms with Crippen molar-refractivity contribution in [3.05, 3.63) is 58.5 Å². The molecule has 2 aromatic carbocycles. The van der Waals surface area contributed by atoms with E-state index in [0.717, 1.165) is 28.8 Å². The fourth-order valence-corrected chi connectivity index (χ4v) is 3.85. The minimum Gasteiger partial charge on any atom is -0.504 e. The first kappa shape index (κ1) is 20.2. The van der Waals surface area contributed by atoms with Crippen LogP contribution in [-0.4, -0.2) is 21.9 Å². The van der Waals surface area contributed by atoms with Crippen LogP contribution >= 0.6 is 24.0 Å². The molecule has 4 nitrogen and oxygen atoms in total. The third-order valence-electron chi connectivity index (χ3n) is 3.81. The summed E-state index contributed by atoms with van der Waals surface area (Å²) in [7, 11) is 0. The number of halogens is 3. The van der Waals surface area contributed by atoms with Crippen LogP contribution in [0.15, 0.2) is 47.4 Å². The van der Waals surface area contributed by atoms with Gasteiger partial charge >= 0.3 is 6.18 Å². The summed E-state index contributed by atoms with van der Waals surface area (Å²) < 4.78 is 44.3. The third-order valence-corrected chi connectivity index (χ3v) is 5.11. The molecule has 1 saturated heterocycles. The van der Waals surface area contributed by atoms with Gasteiger partial charge < -0.3 is 9.84 Å². The predicted molar refractivity (Wildman–Crippen MR) is 106 cm³/mol. The fourth-order valence-electron chi connectivity index (χ4n) is 2.55. The molecule has 1 heterocycles. The standard InChI is InChI=1S/C19H14F3NO3S2/c1-2-26-15-8-11(6-7-14(15)24)9-16-17(25)23(18(27)28-16)13-5-3-4-12(10-13)19(20,21)22/h3-10,24H,2H2,1H3/b16-9-. The number of anilines is 1. The van der Waals surface area contributed by atoms with E-state index in [1.165, 1.54) is 18.2 Å². The number of rotatable bonds is 4. The van der Waals surface area contributed by atoms with Gasteiger partial charge in [0.1, 0.15) is 0 Å². The molecule has 0 unspecified atom stereocenters. The van der Waals surface area contributed by atoms with Gasteiger partial charge in [0, 0.05) is 0 Å². The van der Waals surface area contributed by atoms with Gasteiger partial charge in [0.15, 0.2) is 15.8 Å². The van der Waals surface area contributed by atoms with Crippen molar-refractivity contribution >= 4 is 46.0 Å². The number of aromatic hydroxyl groups is 1. The molecule has 1 amide bonds. The summed E-state index contributed by atoms with van der Waals surface area (Å²) in [6.45, 7) is 2.13. The number of phenolic OH excluding ortho intramolecular Hbond substituents is 1. The molecular formula is C19H14F3NO3S2. The van der Waals surface area contributed by atoms with Crippen LogP contribution in [-0.2, 0) is 11.0 Å². The number of thioether (sulfide) groups is 1. The lowest BCUT2D eigenvalue weighted by Gasteiger charge is -2.16. The van der Waals surface area contributed by atoms with Crippen molar-refractivity contribution in [3.8, 4) is 11.5 Å². The lowest BCUT2D eigenvalue weighted by Crippen LogP contribution is -2.27. The summed E-state index contributed by atoms with van der Waals surface area (Å²) in [5.41, 5.74) is -0.213. The molecule has 0 spiro atoms. The smallest absolute Gasteiger partial charge is 0.416 e. The maximum atomic E-state index is 13.0. The van der Waals surface area contributed by atoms with Crippen molar-refractivity contribution in [1.29, 1.82) is 0 Å². The Hall–Kier alpha value is -2.52. The zero-order valence-corrected chi connectivity index (χ0v) is 16.1. The zero-order chi connectivity index (χ0) is 20.5. The summed E-state index contributed by atoms with van der Waals surface area (Å²) in [5.74, 6) is -0.277. The fraction of sp³-hybridized carbons (Fsp3) is 0.158. The van der Waals surface area contributed by atoms with E-state index < -0.39 is 17.6 Å². The number of carbonyl (C=O) groups is 1. The van der Waals surface area contributed by atoms with E-state index in [0.29, 0.717) is 12.2 Å². The van der Waals surface area contributed by atoms with Crippen LogP contribution in [0, 0.1) is 0 Å². The first-order valence-electron chi connectivity index (χ1n) is 8.11. The summed E-state index contributed by atoms with van der Waals surface area (Å²) >= 11 is 6.19. The Bertz CT molecular complexity index is 973. The first-order chi connectivity index (χ1) is 13.2. The van der Waals surface area contributed by atoms with Gasteiger partial charge in [-0.05, 0) is 48.9 Å². The highest BCUT2D eigenvalue weighted by molar-refractivity contribution is 8.27. The number of nitrogens with zero attached hydrogens (tertiary/aromatic N) is 1. The van der Waals surface area contributed by atoms with Crippen LogP contribution in [0.25, 0.3) is 6.08 Å². The van der Waals surface area contributed by atoms with E-state index in [-0.39, 0.29) is 26.4 Å². The molecule has 0 bridgehead atoms. The number of amides is 1.